The van der Waals surface area contributed by atoms with Crippen LogP contribution in [-0.2, 0) is 6.54 Å². The highest BCUT2D eigenvalue weighted by molar-refractivity contribution is 5.87. The quantitative estimate of drug-likeness (QED) is 0.473. The van der Waals surface area contributed by atoms with Crippen LogP contribution in [0.5, 0.6) is 0 Å². The van der Waals surface area contributed by atoms with Crippen LogP contribution in [0.15, 0.2) is 61.2 Å². The predicted molar refractivity (Wildman–Crippen MR) is 110 cm³/mol. The van der Waals surface area contributed by atoms with Gasteiger partial charge in [0.05, 0.1) is 17.4 Å². The summed E-state index contributed by atoms with van der Waals surface area (Å²) in [5.41, 5.74) is 6.38. The number of hydrogen-bond acceptors (Lipinski definition) is 3. The Morgan fingerprint density at radius 1 is 1.00 bits per heavy atom. The van der Waals surface area contributed by atoms with Gasteiger partial charge in [0.25, 0.3) is 0 Å². The van der Waals surface area contributed by atoms with Crippen LogP contribution in [0.3, 0.4) is 0 Å². The molecule has 0 atom stereocenters. The van der Waals surface area contributed by atoms with Gasteiger partial charge >= 0.3 is 0 Å². The third kappa shape index (κ3) is 3.75. The average Bonchev–Trinajstić information content (AvgIpc) is 3.15. The van der Waals surface area contributed by atoms with Crippen molar-refractivity contribution in [2.24, 2.45) is 5.92 Å². The second kappa shape index (κ2) is 7.31. The molecule has 0 radical (unpaired) electrons. The van der Waals surface area contributed by atoms with Crippen molar-refractivity contribution < 1.29 is 0 Å². The fourth-order valence-corrected chi connectivity index (χ4v) is 3.25. The summed E-state index contributed by atoms with van der Waals surface area (Å²) >= 11 is 0. The van der Waals surface area contributed by atoms with Crippen molar-refractivity contribution in [3.05, 3.63) is 66.7 Å². The molecule has 0 N–H and O–H groups in total. The summed E-state index contributed by atoms with van der Waals surface area (Å²) in [5.74, 6) is 0.666. The SMILES string of the molecule is Cc1cnc(-c2ccc3cccnc3c2)c(-c2cnn(CCC(C)C)c2)c1. The second-order valence-electron chi connectivity index (χ2n) is 7.49. The van der Waals surface area contributed by atoms with Gasteiger partial charge in [-0.15, -0.1) is 0 Å². The molecule has 27 heavy (non-hydrogen) atoms. The zero-order chi connectivity index (χ0) is 18.8. The van der Waals surface area contributed by atoms with Crippen LogP contribution >= 0.6 is 0 Å². The highest BCUT2D eigenvalue weighted by atomic mass is 15.3. The summed E-state index contributed by atoms with van der Waals surface area (Å²) in [7, 11) is 0. The topological polar surface area (TPSA) is 43.6 Å². The molecule has 0 fully saturated rings. The van der Waals surface area contributed by atoms with Crippen LogP contribution < -0.4 is 0 Å². The highest BCUT2D eigenvalue weighted by Crippen LogP contribution is 2.32. The van der Waals surface area contributed by atoms with E-state index in [2.05, 4.69) is 67.4 Å². The summed E-state index contributed by atoms with van der Waals surface area (Å²) in [6, 6.07) is 12.6. The van der Waals surface area contributed by atoms with Crippen molar-refractivity contribution in [2.75, 3.05) is 0 Å². The molecule has 4 rings (SSSR count). The van der Waals surface area contributed by atoms with Crippen LogP contribution in [0.25, 0.3) is 33.3 Å². The summed E-state index contributed by atoms with van der Waals surface area (Å²) in [6.07, 6.45) is 8.94. The molecule has 4 aromatic rings. The van der Waals surface area contributed by atoms with Gasteiger partial charge in [-0.2, -0.15) is 5.10 Å². The van der Waals surface area contributed by atoms with E-state index in [0.29, 0.717) is 5.92 Å². The van der Waals surface area contributed by atoms with Crippen LogP contribution in [0.4, 0.5) is 0 Å². The summed E-state index contributed by atoms with van der Waals surface area (Å²) in [6.45, 7) is 7.49. The van der Waals surface area contributed by atoms with E-state index in [-0.39, 0.29) is 0 Å². The number of fused-ring (bicyclic) bond motifs is 1. The number of pyridine rings is 2. The Morgan fingerprint density at radius 2 is 1.89 bits per heavy atom. The summed E-state index contributed by atoms with van der Waals surface area (Å²) < 4.78 is 2.03. The van der Waals surface area contributed by atoms with E-state index in [4.69, 9.17) is 4.98 Å². The standard InChI is InChI=1S/C23H24N4/c1-16(2)8-10-27-15-20(14-26-27)21-11-17(3)13-25-23(21)19-7-6-18-5-4-9-24-22(18)12-19/h4-7,9,11-16H,8,10H2,1-3H3. The maximum atomic E-state index is 4.75. The van der Waals surface area contributed by atoms with E-state index >= 15 is 0 Å². The number of hydrogen-bond donors (Lipinski definition) is 0. The fourth-order valence-electron chi connectivity index (χ4n) is 3.25. The van der Waals surface area contributed by atoms with Crippen molar-refractivity contribution in [2.45, 2.75) is 33.7 Å². The lowest BCUT2D eigenvalue weighted by atomic mass is 9.99. The van der Waals surface area contributed by atoms with E-state index in [0.717, 1.165) is 51.8 Å². The van der Waals surface area contributed by atoms with E-state index in [1.807, 2.05) is 29.3 Å². The van der Waals surface area contributed by atoms with Gasteiger partial charge in [0.2, 0.25) is 0 Å². The van der Waals surface area contributed by atoms with Gasteiger partial charge in [-0.25, -0.2) is 0 Å². The number of aromatic nitrogens is 4. The van der Waals surface area contributed by atoms with E-state index in [9.17, 15) is 0 Å². The Balaban J connectivity index is 1.76. The van der Waals surface area contributed by atoms with Crippen molar-refractivity contribution in [1.82, 2.24) is 19.7 Å². The minimum atomic E-state index is 0.666. The summed E-state index contributed by atoms with van der Waals surface area (Å²) in [4.78, 5) is 9.24. The molecule has 0 bridgehead atoms. The maximum Gasteiger partial charge on any atom is 0.0782 e. The molecular formula is C23H24N4. The zero-order valence-corrected chi connectivity index (χ0v) is 16.1. The average molecular weight is 356 g/mol. The molecule has 0 saturated heterocycles. The van der Waals surface area contributed by atoms with Gasteiger partial charge in [-0.05, 0) is 43.0 Å². The van der Waals surface area contributed by atoms with Gasteiger partial charge in [-0.3, -0.25) is 14.6 Å². The normalized spacial score (nSPS) is 11.4. The van der Waals surface area contributed by atoms with Gasteiger partial charge in [0.1, 0.15) is 0 Å². The zero-order valence-electron chi connectivity index (χ0n) is 16.1. The third-order valence-corrected chi connectivity index (χ3v) is 4.78. The van der Waals surface area contributed by atoms with Gasteiger partial charge in [0, 0.05) is 47.2 Å². The Morgan fingerprint density at radius 3 is 2.74 bits per heavy atom. The van der Waals surface area contributed by atoms with Crippen LogP contribution in [0, 0.1) is 12.8 Å². The smallest absolute Gasteiger partial charge is 0.0782 e. The number of aryl methyl sites for hydroxylation is 2. The van der Waals surface area contributed by atoms with Crippen molar-refractivity contribution in [3.63, 3.8) is 0 Å². The van der Waals surface area contributed by atoms with Crippen molar-refractivity contribution in [1.29, 1.82) is 0 Å². The summed E-state index contributed by atoms with van der Waals surface area (Å²) in [5, 5.41) is 5.69. The first kappa shape index (κ1) is 17.4. The molecule has 4 nitrogen and oxygen atoms in total. The Hall–Kier alpha value is -3.01. The molecule has 0 saturated carbocycles. The van der Waals surface area contributed by atoms with Crippen LogP contribution in [0.2, 0.25) is 0 Å². The third-order valence-electron chi connectivity index (χ3n) is 4.78. The van der Waals surface area contributed by atoms with Gasteiger partial charge in [-0.1, -0.05) is 32.0 Å². The lowest BCUT2D eigenvalue weighted by Crippen LogP contribution is -2.01. The predicted octanol–water partition coefficient (Wildman–Crippen LogP) is 5.51. The fraction of sp³-hybridized carbons (Fsp3) is 0.261. The second-order valence-corrected chi connectivity index (χ2v) is 7.49. The molecule has 3 aromatic heterocycles. The molecule has 3 heterocycles. The Kier molecular flexibility index (Phi) is 4.71. The molecular weight excluding hydrogens is 332 g/mol. The Bertz CT molecular complexity index is 1080. The van der Waals surface area contributed by atoms with Crippen molar-refractivity contribution in [3.8, 4) is 22.4 Å². The molecule has 0 amide bonds. The Labute approximate surface area is 159 Å². The first-order valence-electron chi connectivity index (χ1n) is 9.45. The first-order valence-corrected chi connectivity index (χ1v) is 9.45. The highest BCUT2D eigenvalue weighted by Gasteiger charge is 2.12. The molecule has 0 unspecified atom stereocenters. The first-order chi connectivity index (χ1) is 13.1. The number of benzene rings is 1. The molecule has 0 aliphatic carbocycles. The minimum absolute atomic E-state index is 0.666. The van der Waals surface area contributed by atoms with E-state index in [1.165, 1.54) is 0 Å². The van der Waals surface area contributed by atoms with E-state index in [1.54, 1.807) is 0 Å². The lowest BCUT2D eigenvalue weighted by molar-refractivity contribution is 0.487. The molecule has 1 aromatic carbocycles. The monoisotopic (exact) mass is 356 g/mol. The molecule has 0 spiro atoms. The van der Waals surface area contributed by atoms with E-state index < -0.39 is 0 Å². The van der Waals surface area contributed by atoms with Crippen LogP contribution in [0.1, 0.15) is 25.8 Å². The minimum Gasteiger partial charge on any atom is -0.272 e. The maximum absolute atomic E-state index is 4.75. The molecule has 0 aliphatic heterocycles. The van der Waals surface area contributed by atoms with Gasteiger partial charge in [0.15, 0.2) is 0 Å². The van der Waals surface area contributed by atoms with Crippen LogP contribution in [-0.4, -0.2) is 19.7 Å². The van der Waals surface area contributed by atoms with Crippen molar-refractivity contribution >= 4 is 10.9 Å². The largest absolute Gasteiger partial charge is 0.272 e. The van der Waals surface area contributed by atoms with Gasteiger partial charge < -0.3 is 0 Å². The molecule has 136 valence electrons. The molecule has 4 heteroatoms. The number of nitrogens with zero attached hydrogens (tertiary/aromatic N) is 4. The molecule has 0 aliphatic rings. The number of rotatable bonds is 5. The lowest BCUT2D eigenvalue weighted by Gasteiger charge is -2.09.